The average molecular weight is 426 g/mol. The zero-order chi connectivity index (χ0) is 21.1. The summed E-state index contributed by atoms with van der Waals surface area (Å²) in [6, 6.07) is 15.1. The molecule has 2 aromatic rings. The Kier molecular flexibility index (Phi) is 6.40. The number of anilines is 1. The lowest BCUT2D eigenvalue weighted by Crippen LogP contribution is -2.44. The van der Waals surface area contributed by atoms with Crippen LogP contribution in [0.1, 0.15) is 54.4 Å². The van der Waals surface area contributed by atoms with E-state index in [1.165, 1.54) is 0 Å². The first-order chi connectivity index (χ1) is 14.5. The van der Waals surface area contributed by atoms with Gasteiger partial charge in [0.05, 0.1) is 0 Å². The maximum atomic E-state index is 12.9. The molecule has 158 valence electrons. The monoisotopic (exact) mass is 425 g/mol. The van der Waals surface area contributed by atoms with Crippen molar-refractivity contribution in [1.29, 1.82) is 0 Å². The number of nitrogens with one attached hydrogen (secondary N) is 1. The van der Waals surface area contributed by atoms with E-state index in [-0.39, 0.29) is 29.8 Å². The van der Waals surface area contributed by atoms with Crippen molar-refractivity contribution in [2.45, 2.75) is 57.2 Å². The molecule has 2 aromatic carbocycles. The summed E-state index contributed by atoms with van der Waals surface area (Å²) in [5.41, 5.74) is 8.36. The van der Waals surface area contributed by atoms with E-state index < -0.39 is 0 Å². The van der Waals surface area contributed by atoms with E-state index in [2.05, 4.69) is 10.2 Å². The Hall–Kier alpha value is -2.37. The summed E-state index contributed by atoms with van der Waals surface area (Å²) in [6.45, 7) is 0.609. The number of amides is 2. The normalized spacial score (nSPS) is 21.1. The number of carbonyl (C=O) groups is 2. The molecule has 2 amide bonds. The number of carbonyl (C=O) groups excluding carboxylic acids is 2. The molecule has 0 saturated heterocycles. The van der Waals surface area contributed by atoms with E-state index in [0.29, 0.717) is 22.8 Å². The van der Waals surface area contributed by atoms with Gasteiger partial charge < -0.3 is 16.0 Å². The minimum absolute atomic E-state index is 0.200. The maximum Gasteiger partial charge on any atom is 0.255 e. The van der Waals surface area contributed by atoms with Gasteiger partial charge in [0.2, 0.25) is 5.91 Å². The topological polar surface area (TPSA) is 75.4 Å². The fourth-order valence-corrected chi connectivity index (χ4v) is 4.28. The molecule has 2 saturated carbocycles. The molecule has 0 radical (unpaired) electrons. The van der Waals surface area contributed by atoms with Gasteiger partial charge in [-0.15, -0.1) is 0 Å². The summed E-state index contributed by atoms with van der Waals surface area (Å²) in [5, 5.41) is 3.42. The van der Waals surface area contributed by atoms with Gasteiger partial charge in [-0.3, -0.25) is 9.59 Å². The molecule has 2 aliphatic carbocycles. The summed E-state index contributed by atoms with van der Waals surface area (Å²) in [4.78, 5) is 27.4. The first-order valence-corrected chi connectivity index (χ1v) is 11.1. The summed E-state index contributed by atoms with van der Waals surface area (Å²) in [5.74, 6) is 0.292. The van der Waals surface area contributed by atoms with E-state index in [4.69, 9.17) is 17.3 Å². The Morgan fingerprint density at radius 3 is 2.33 bits per heavy atom. The van der Waals surface area contributed by atoms with Crippen LogP contribution in [0.3, 0.4) is 0 Å². The number of benzene rings is 2. The van der Waals surface area contributed by atoms with Crippen LogP contribution in [0.2, 0.25) is 5.02 Å². The van der Waals surface area contributed by atoms with Crippen LogP contribution in [0.25, 0.3) is 0 Å². The molecule has 0 unspecified atom stereocenters. The van der Waals surface area contributed by atoms with E-state index in [1.54, 1.807) is 24.3 Å². The van der Waals surface area contributed by atoms with Crippen molar-refractivity contribution in [2.24, 2.45) is 11.7 Å². The minimum Gasteiger partial charge on any atom is -0.335 e. The molecule has 2 aliphatic rings. The predicted molar refractivity (Wildman–Crippen MR) is 119 cm³/mol. The van der Waals surface area contributed by atoms with Crippen LogP contribution in [0, 0.1) is 5.92 Å². The molecule has 0 heterocycles. The Labute approximate surface area is 182 Å². The highest BCUT2D eigenvalue weighted by molar-refractivity contribution is 6.31. The van der Waals surface area contributed by atoms with E-state index in [1.807, 2.05) is 24.3 Å². The second-order valence-corrected chi connectivity index (χ2v) is 8.91. The largest absolute Gasteiger partial charge is 0.335 e. The van der Waals surface area contributed by atoms with Gasteiger partial charge in [0.25, 0.3) is 5.91 Å². The quantitative estimate of drug-likeness (QED) is 0.710. The zero-order valence-corrected chi connectivity index (χ0v) is 17.8. The van der Waals surface area contributed by atoms with Gasteiger partial charge in [0, 0.05) is 40.8 Å². The summed E-state index contributed by atoms with van der Waals surface area (Å²) < 4.78 is 0. The number of nitrogens with zero attached hydrogens (tertiary/aromatic N) is 1. The third-order valence-corrected chi connectivity index (χ3v) is 6.28. The molecule has 4 rings (SSSR count). The van der Waals surface area contributed by atoms with Gasteiger partial charge in [0.1, 0.15) is 0 Å². The Balaban J connectivity index is 1.41. The van der Waals surface area contributed by atoms with Gasteiger partial charge in [-0.25, -0.2) is 0 Å². The number of rotatable bonds is 6. The number of hydrogen-bond donors (Lipinski definition) is 2. The smallest absolute Gasteiger partial charge is 0.255 e. The number of hydrogen-bond acceptors (Lipinski definition) is 3. The van der Waals surface area contributed by atoms with Crippen LogP contribution in [0.15, 0.2) is 48.5 Å². The van der Waals surface area contributed by atoms with Crippen molar-refractivity contribution in [2.75, 3.05) is 5.32 Å². The maximum absolute atomic E-state index is 12.9. The Morgan fingerprint density at radius 2 is 1.70 bits per heavy atom. The molecule has 5 nitrogen and oxygen atoms in total. The number of nitrogens with two attached hydrogens (primary N) is 1. The molecular weight excluding hydrogens is 398 g/mol. The average Bonchev–Trinajstić information content (AvgIpc) is 3.59. The van der Waals surface area contributed by atoms with Crippen molar-refractivity contribution in [3.05, 3.63) is 64.7 Å². The van der Waals surface area contributed by atoms with Crippen LogP contribution >= 0.6 is 11.6 Å². The first kappa shape index (κ1) is 20.9. The lowest BCUT2D eigenvalue weighted by Gasteiger charge is -2.36. The molecule has 3 N–H and O–H groups in total. The standard InChI is InChI=1S/C24H28ClN3O2/c25-19-3-1-2-18(14-19)23(29)27-21-10-4-16(5-11-21)15-28(24(30)17-6-7-17)22-12-8-20(26)9-13-22/h1-5,10-11,14,17,20,22H,6-9,12-13,15,26H2,(H,27,29). The highest BCUT2D eigenvalue weighted by atomic mass is 35.5. The molecule has 0 bridgehead atoms. The summed E-state index contributed by atoms with van der Waals surface area (Å²) in [6.07, 6.45) is 5.94. The van der Waals surface area contributed by atoms with E-state index in [9.17, 15) is 9.59 Å². The van der Waals surface area contributed by atoms with Crippen LogP contribution in [-0.4, -0.2) is 28.8 Å². The van der Waals surface area contributed by atoms with E-state index in [0.717, 1.165) is 44.1 Å². The molecule has 2 fully saturated rings. The van der Waals surface area contributed by atoms with Crippen LogP contribution in [0.5, 0.6) is 0 Å². The summed E-state index contributed by atoms with van der Waals surface area (Å²) >= 11 is 5.97. The van der Waals surface area contributed by atoms with Gasteiger partial charge in [-0.1, -0.05) is 29.8 Å². The zero-order valence-electron chi connectivity index (χ0n) is 17.0. The molecule has 0 aromatic heterocycles. The van der Waals surface area contributed by atoms with Gasteiger partial charge in [-0.05, 0) is 74.4 Å². The fraction of sp³-hybridized carbons (Fsp3) is 0.417. The van der Waals surface area contributed by atoms with Gasteiger partial charge in [0.15, 0.2) is 0 Å². The van der Waals surface area contributed by atoms with Crippen LogP contribution < -0.4 is 11.1 Å². The highest BCUT2D eigenvalue weighted by Crippen LogP contribution is 2.34. The molecule has 0 spiro atoms. The molecular formula is C24H28ClN3O2. The molecule has 0 aliphatic heterocycles. The highest BCUT2D eigenvalue weighted by Gasteiger charge is 2.37. The predicted octanol–water partition coefficient (Wildman–Crippen LogP) is 4.60. The molecule has 0 atom stereocenters. The lowest BCUT2D eigenvalue weighted by atomic mass is 9.90. The molecule has 30 heavy (non-hydrogen) atoms. The lowest BCUT2D eigenvalue weighted by molar-refractivity contribution is -0.136. The van der Waals surface area contributed by atoms with Crippen LogP contribution in [-0.2, 0) is 11.3 Å². The fourth-order valence-electron chi connectivity index (χ4n) is 4.09. The van der Waals surface area contributed by atoms with Crippen LogP contribution in [0.4, 0.5) is 5.69 Å². The Morgan fingerprint density at radius 1 is 1.00 bits per heavy atom. The number of halogens is 1. The van der Waals surface area contributed by atoms with Crippen molar-refractivity contribution < 1.29 is 9.59 Å². The van der Waals surface area contributed by atoms with E-state index >= 15 is 0 Å². The first-order valence-electron chi connectivity index (χ1n) is 10.7. The SMILES string of the molecule is NC1CCC(N(Cc2ccc(NC(=O)c3cccc(Cl)c3)cc2)C(=O)C2CC2)CC1. The second-order valence-electron chi connectivity index (χ2n) is 8.47. The summed E-state index contributed by atoms with van der Waals surface area (Å²) in [7, 11) is 0. The third kappa shape index (κ3) is 5.21. The van der Waals surface area contributed by atoms with Crippen molar-refractivity contribution in [3.8, 4) is 0 Å². The van der Waals surface area contributed by atoms with Crippen molar-refractivity contribution in [3.63, 3.8) is 0 Å². The Bertz CT molecular complexity index is 903. The molecule has 6 heteroatoms. The van der Waals surface area contributed by atoms with Gasteiger partial charge >= 0.3 is 0 Å². The van der Waals surface area contributed by atoms with Crippen molar-refractivity contribution in [1.82, 2.24) is 4.90 Å². The second kappa shape index (κ2) is 9.19. The van der Waals surface area contributed by atoms with Crippen molar-refractivity contribution >= 4 is 29.1 Å². The minimum atomic E-state index is -0.200. The third-order valence-electron chi connectivity index (χ3n) is 6.04. The van der Waals surface area contributed by atoms with Gasteiger partial charge in [-0.2, -0.15) is 0 Å².